The van der Waals surface area contributed by atoms with Gasteiger partial charge in [0.1, 0.15) is 18.2 Å². The van der Waals surface area contributed by atoms with Gasteiger partial charge in [-0.2, -0.15) is 0 Å². The molecule has 0 aromatic heterocycles. The second-order valence-corrected chi connectivity index (χ2v) is 4.96. The monoisotopic (exact) mass is 358 g/mol. The van der Waals surface area contributed by atoms with E-state index in [9.17, 15) is 8.78 Å². The van der Waals surface area contributed by atoms with Crippen molar-refractivity contribution in [1.82, 2.24) is 0 Å². The summed E-state index contributed by atoms with van der Waals surface area (Å²) in [6.45, 7) is -0.284. The molecule has 112 valence electrons. The maximum Gasteiger partial charge on any atom is 0.203 e. The van der Waals surface area contributed by atoms with Crippen LogP contribution in [0.2, 0.25) is 0 Å². The van der Waals surface area contributed by atoms with E-state index in [0.29, 0.717) is 17.2 Å². The molecular weight excluding hydrogens is 346 g/mol. The molecule has 21 heavy (non-hydrogen) atoms. The van der Waals surface area contributed by atoms with Crippen LogP contribution in [0.3, 0.4) is 0 Å². The van der Waals surface area contributed by atoms with E-state index in [4.69, 9.17) is 14.2 Å². The van der Waals surface area contributed by atoms with E-state index in [2.05, 4.69) is 15.9 Å². The van der Waals surface area contributed by atoms with Gasteiger partial charge in [-0.05, 0) is 40.2 Å². The van der Waals surface area contributed by atoms with Gasteiger partial charge in [-0.25, -0.2) is 8.78 Å². The average molecular weight is 359 g/mol. The zero-order chi connectivity index (χ0) is 15.4. The summed E-state index contributed by atoms with van der Waals surface area (Å²) in [5.41, 5.74) is -0.169. The summed E-state index contributed by atoms with van der Waals surface area (Å²) >= 11 is 3.02. The quantitative estimate of drug-likeness (QED) is 0.744. The van der Waals surface area contributed by atoms with Crippen LogP contribution in [-0.2, 0) is 6.61 Å². The summed E-state index contributed by atoms with van der Waals surface area (Å²) in [4.78, 5) is 0. The molecule has 0 amide bonds. The van der Waals surface area contributed by atoms with Crippen molar-refractivity contribution in [3.63, 3.8) is 0 Å². The van der Waals surface area contributed by atoms with Gasteiger partial charge < -0.3 is 14.2 Å². The summed E-state index contributed by atoms with van der Waals surface area (Å²) in [7, 11) is 2.95. The van der Waals surface area contributed by atoms with Crippen LogP contribution in [0.25, 0.3) is 0 Å². The molecule has 0 fully saturated rings. The molecule has 3 nitrogen and oxygen atoms in total. The lowest BCUT2D eigenvalue weighted by atomic mass is 10.2. The Morgan fingerprint density at radius 2 is 1.62 bits per heavy atom. The van der Waals surface area contributed by atoms with Gasteiger partial charge in [0.2, 0.25) is 5.75 Å². The molecule has 2 aromatic rings. The normalized spacial score (nSPS) is 10.3. The highest BCUT2D eigenvalue weighted by atomic mass is 79.9. The summed E-state index contributed by atoms with van der Waals surface area (Å²) in [5, 5.41) is 0. The smallest absolute Gasteiger partial charge is 0.203 e. The number of methoxy groups -OCH3 is 2. The highest BCUT2D eigenvalue weighted by Crippen LogP contribution is 2.37. The number of hydrogen-bond donors (Lipinski definition) is 0. The van der Waals surface area contributed by atoms with Crippen molar-refractivity contribution in [2.45, 2.75) is 6.61 Å². The number of benzene rings is 2. The topological polar surface area (TPSA) is 27.7 Å². The molecule has 6 heteroatoms. The van der Waals surface area contributed by atoms with Gasteiger partial charge in [0.05, 0.1) is 24.3 Å². The van der Waals surface area contributed by atoms with Crippen LogP contribution in [0.5, 0.6) is 17.2 Å². The van der Waals surface area contributed by atoms with Crippen LogP contribution in [0.15, 0.2) is 34.8 Å². The van der Waals surface area contributed by atoms with E-state index >= 15 is 0 Å². The van der Waals surface area contributed by atoms with Crippen molar-refractivity contribution >= 4 is 15.9 Å². The molecule has 0 atom stereocenters. The van der Waals surface area contributed by atoms with Crippen molar-refractivity contribution in [1.29, 1.82) is 0 Å². The van der Waals surface area contributed by atoms with Crippen LogP contribution >= 0.6 is 15.9 Å². The maximum atomic E-state index is 13.9. The van der Waals surface area contributed by atoms with Gasteiger partial charge in [0.25, 0.3) is 0 Å². The van der Waals surface area contributed by atoms with Gasteiger partial charge in [-0.3, -0.25) is 0 Å². The van der Waals surface area contributed by atoms with E-state index in [-0.39, 0.29) is 16.6 Å². The predicted molar refractivity (Wildman–Crippen MR) is 77.9 cm³/mol. The molecule has 0 spiro atoms. The molecule has 0 aliphatic rings. The second kappa shape index (κ2) is 6.76. The van der Waals surface area contributed by atoms with Gasteiger partial charge in [-0.15, -0.1) is 0 Å². The molecule has 0 bridgehead atoms. The molecule has 0 N–H and O–H groups in total. The Morgan fingerprint density at radius 1 is 1.00 bits per heavy atom. The van der Waals surface area contributed by atoms with E-state index in [0.717, 1.165) is 0 Å². The molecule has 0 radical (unpaired) electrons. The molecule has 0 saturated carbocycles. The number of rotatable bonds is 5. The van der Waals surface area contributed by atoms with Gasteiger partial charge in [0.15, 0.2) is 11.5 Å². The molecule has 0 saturated heterocycles. The molecule has 0 heterocycles. The Labute approximate surface area is 129 Å². The lowest BCUT2D eigenvalue weighted by molar-refractivity contribution is 0.257. The summed E-state index contributed by atoms with van der Waals surface area (Å²) in [6.07, 6.45) is 0. The first-order valence-corrected chi connectivity index (χ1v) is 6.84. The van der Waals surface area contributed by atoms with E-state index < -0.39 is 11.6 Å². The number of halogens is 3. The minimum absolute atomic E-state index is 0.169. The number of para-hydroxylation sites is 1. The minimum Gasteiger partial charge on any atom is -0.493 e. The fourth-order valence-corrected chi connectivity index (χ4v) is 2.18. The Kier molecular flexibility index (Phi) is 5.01. The predicted octanol–water partition coefficient (Wildman–Crippen LogP) is 4.32. The largest absolute Gasteiger partial charge is 0.493 e. The standard InChI is InChI=1S/C15H13BrF2O3/c1-19-12-4-3-5-13(20-2)15(12)21-8-9-11(17)7-6-10(16)14(9)18/h3-7H,8H2,1-2H3. The van der Waals surface area contributed by atoms with E-state index in [1.807, 2.05) is 0 Å². The number of ether oxygens (including phenoxy) is 3. The third kappa shape index (κ3) is 3.26. The highest BCUT2D eigenvalue weighted by Gasteiger charge is 2.16. The van der Waals surface area contributed by atoms with Crippen LogP contribution < -0.4 is 14.2 Å². The third-order valence-electron chi connectivity index (χ3n) is 2.88. The van der Waals surface area contributed by atoms with Gasteiger partial charge >= 0.3 is 0 Å². The van der Waals surface area contributed by atoms with Crippen molar-refractivity contribution in [2.24, 2.45) is 0 Å². The van der Waals surface area contributed by atoms with Crippen molar-refractivity contribution in [3.8, 4) is 17.2 Å². The summed E-state index contributed by atoms with van der Waals surface area (Å²) in [6, 6.07) is 7.55. The maximum absolute atomic E-state index is 13.9. The van der Waals surface area contributed by atoms with Gasteiger partial charge in [-0.1, -0.05) is 6.07 Å². The molecule has 0 aliphatic carbocycles. The third-order valence-corrected chi connectivity index (χ3v) is 3.49. The van der Waals surface area contributed by atoms with Crippen LogP contribution in [0.1, 0.15) is 5.56 Å². The fraction of sp³-hybridized carbons (Fsp3) is 0.200. The Balaban J connectivity index is 2.31. The fourth-order valence-electron chi connectivity index (χ4n) is 1.81. The lowest BCUT2D eigenvalue weighted by Gasteiger charge is -2.15. The first-order valence-electron chi connectivity index (χ1n) is 6.04. The van der Waals surface area contributed by atoms with Crippen LogP contribution in [0, 0.1) is 11.6 Å². The second-order valence-electron chi connectivity index (χ2n) is 4.10. The summed E-state index contributed by atoms with van der Waals surface area (Å²) in [5.74, 6) is -0.231. The van der Waals surface area contributed by atoms with Crippen molar-refractivity contribution in [2.75, 3.05) is 14.2 Å². The Hall–Kier alpha value is -1.82. The van der Waals surface area contributed by atoms with Gasteiger partial charge in [0, 0.05) is 0 Å². The first kappa shape index (κ1) is 15.6. The van der Waals surface area contributed by atoms with Crippen LogP contribution in [-0.4, -0.2) is 14.2 Å². The SMILES string of the molecule is COc1cccc(OC)c1OCc1c(F)ccc(Br)c1F. The van der Waals surface area contributed by atoms with Crippen LogP contribution in [0.4, 0.5) is 8.78 Å². The molecule has 2 rings (SSSR count). The zero-order valence-electron chi connectivity index (χ0n) is 11.5. The van der Waals surface area contributed by atoms with E-state index in [1.165, 1.54) is 26.4 Å². The molecule has 2 aromatic carbocycles. The Bertz CT molecular complexity index is 625. The Morgan fingerprint density at radius 3 is 2.19 bits per heavy atom. The minimum atomic E-state index is -0.691. The first-order chi connectivity index (χ1) is 10.1. The molecule has 0 aliphatic heterocycles. The highest BCUT2D eigenvalue weighted by molar-refractivity contribution is 9.10. The van der Waals surface area contributed by atoms with Crippen molar-refractivity contribution in [3.05, 3.63) is 52.0 Å². The lowest BCUT2D eigenvalue weighted by Crippen LogP contribution is -2.04. The molecular formula is C15H13BrF2O3. The zero-order valence-corrected chi connectivity index (χ0v) is 13.0. The summed E-state index contributed by atoms with van der Waals surface area (Å²) < 4.78 is 43.6. The number of hydrogen-bond acceptors (Lipinski definition) is 3. The average Bonchev–Trinajstić information content (AvgIpc) is 2.50. The van der Waals surface area contributed by atoms with E-state index in [1.54, 1.807) is 18.2 Å². The van der Waals surface area contributed by atoms with Crippen molar-refractivity contribution < 1.29 is 23.0 Å². The molecule has 0 unspecified atom stereocenters.